The quantitative estimate of drug-likeness (QED) is 0.490. The number of carbonyl (C=O) groups is 1. The van der Waals surface area contributed by atoms with Gasteiger partial charge in [0, 0.05) is 18.5 Å². The summed E-state index contributed by atoms with van der Waals surface area (Å²) in [5.74, 6) is -0.139. The first-order chi connectivity index (χ1) is 14.2. The standard InChI is InChI=1S/C23H20N4OS.ClH/c28-22(19-7-8-20-14-24-10-9-18(20)13-19)25-23-27-26-21(29-23)12-15-5-6-16-3-1-2-4-17(16)11-15;/h1-8,11,13,24H,9-10,12,14H2,(H,25,27,28);1H. The molecule has 3 aromatic carbocycles. The van der Waals surface area contributed by atoms with Gasteiger partial charge in [0.05, 0.1) is 0 Å². The molecule has 5 rings (SSSR count). The van der Waals surface area contributed by atoms with E-state index in [2.05, 4.69) is 51.2 Å². The summed E-state index contributed by atoms with van der Waals surface area (Å²) in [6, 6.07) is 20.6. The molecule has 2 heterocycles. The minimum atomic E-state index is -0.139. The van der Waals surface area contributed by atoms with Crippen LogP contribution in [0.2, 0.25) is 0 Å². The maximum Gasteiger partial charge on any atom is 0.257 e. The highest BCUT2D eigenvalue weighted by Gasteiger charge is 2.14. The molecule has 0 fully saturated rings. The maximum absolute atomic E-state index is 12.6. The molecule has 0 aliphatic carbocycles. The van der Waals surface area contributed by atoms with Crippen LogP contribution in [0.25, 0.3) is 10.8 Å². The lowest BCUT2D eigenvalue weighted by atomic mass is 9.98. The Morgan fingerprint density at radius 1 is 1.00 bits per heavy atom. The molecule has 1 amide bonds. The van der Waals surface area contributed by atoms with Crippen LogP contribution in [0.5, 0.6) is 0 Å². The Morgan fingerprint density at radius 2 is 1.87 bits per heavy atom. The Morgan fingerprint density at radius 3 is 2.77 bits per heavy atom. The van der Waals surface area contributed by atoms with Crippen LogP contribution < -0.4 is 10.6 Å². The number of benzene rings is 3. The zero-order valence-electron chi connectivity index (χ0n) is 16.2. The number of rotatable bonds is 4. The van der Waals surface area contributed by atoms with Crippen LogP contribution in [0.1, 0.15) is 32.1 Å². The molecule has 0 atom stereocenters. The SMILES string of the molecule is Cl.O=C(Nc1nnc(Cc2ccc3ccccc3c2)s1)c1ccc2c(c1)CCNC2. The van der Waals surface area contributed by atoms with Crippen LogP contribution in [0.15, 0.2) is 60.7 Å². The molecule has 1 aliphatic heterocycles. The molecule has 7 heteroatoms. The number of nitrogens with zero attached hydrogens (tertiary/aromatic N) is 2. The predicted molar refractivity (Wildman–Crippen MR) is 124 cm³/mol. The first-order valence-electron chi connectivity index (χ1n) is 9.68. The van der Waals surface area contributed by atoms with Gasteiger partial charge in [-0.15, -0.1) is 22.6 Å². The second kappa shape index (κ2) is 8.92. The van der Waals surface area contributed by atoms with Crippen molar-refractivity contribution < 1.29 is 4.79 Å². The van der Waals surface area contributed by atoms with Crippen molar-refractivity contribution in [2.45, 2.75) is 19.4 Å². The van der Waals surface area contributed by atoms with E-state index >= 15 is 0 Å². The van der Waals surface area contributed by atoms with Crippen LogP contribution >= 0.6 is 23.7 Å². The lowest BCUT2D eigenvalue weighted by Crippen LogP contribution is -2.24. The topological polar surface area (TPSA) is 66.9 Å². The largest absolute Gasteiger partial charge is 0.312 e. The molecule has 4 aromatic rings. The molecule has 1 aliphatic rings. The lowest BCUT2D eigenvalue weighted by molar-refractivity contribution is 0.102. The van der Waals surface area contributed by atoms with Crippen LogP contribution in [-0.2, 0) is 19.4 Å². The fourth-order valence-electron chi connectivity index (χ4n) is 3.69. The number of amides is 1. The molecule has 0 unspecified atom stereocenters. The van der Waals surface area contributed by atoms with Crippen molar-refractivity contribution in [1.29, 1.82) is 0 Å². The third-order valence-electron chi connectivity index (χ3n) is 5.21. The summed E-state index contributed by atoms with van der Waals surface area (Å²) in [5.41, 5.74) is 4.35. The Kier molecular flexibility index (Phi) is 6.08. The molecule has 30 heavy (non-hydrogen) atoms. The van der Waals surface area contributed by atoms with Crippen molar-refractivity contribution in [2.24, 2.45) is 0 Å². The third kappa shape index (κ3) is 4.36. The minimum absolute atomic E-state index is 0. The van der Waals surface area contributed by atoms with Gasteiger partial charge in [-0.3, -0.25) is 10.1 Å². The van der Waals surface area contributed by atoms with E-state index in [-0.39, 0.29) is 18.3 Å². The van der Waals surface area contributed by atoms with Crippen LogP contribution in [-0.4, -0.2) is 22.6 Å². The van der Waals surface area contributed by atoms with Crippen LogP contribution in [0.3, 0.4) is 0 Å². The highest BCUT2D eigenvalue weighted by atomic mass is 35.5. The van der Waals surface area contributed by atoms with Gasteiger partial charge in [0.2, 0.25) is 5.13 Å². The lowest BCUT2D eigenvalue weighted by Gasteiger charge is -2.17. The third-order valence-corrected chi connectivity index (χ3v) is 6.05. The fraction of sp³-hybridized carbons (Fsp3) is 0.174. The summed E-state index contributed by atoms with van der Waals surface area (Å²) in [7, 11) is 0. The molecule has 152 valence electrons. The van der Waals surface area contributed by atoms with E-state index in [0.29, 0.717) is 17.1 Å². The smallest absolute Gasteiger partial charge is 0.257 e. The number of anilines is 1. The van der Waals surface area contributed by atoms with E-state index in [1.165, 1.54) is 38.8 Å². The molecule has 0 bridgehead atoms. The first kappa shape index (κ1) is 20.5. The number of hydrogen-bond donors (Lipinski definition) is 2. The average Bonchev–Trinajstić information content (AvgIpc) is 3.20. The molecular weight excluding hydrogens is 416 g/mol. The molecule has 0 saturated carbocycles. The van der Waals surface area contributed by atoms with Gasteiger partial charge in [0.1, 0.15) is 5.01 Å². The molecule has 0 saturated heterocycles. The molecular formula is C23H21ClN4OS. The van der Waals surface area contributed by atoms with E-state index in [4.69, 9.17) is 0 Å². The van der Waals surface area contributed by atoms with E-state index in [0.717, 1.165) is 24.5 Å². The summed E-state index contributed by atoms with van der Waals surface area (Å²) in [6.45, 7) is 1.82. The maximum atomic E-state index is 12.6. The number of hydrogen-bond acceptors (Lipinski definition) is 5. The van der Waals surface area contributed by atoms with E-state index in [1.807, 2.05) is 30.3 Å². The second-order valence-electron chi connectivity index (χ2n) is 7.22. The van der Waals surface area contributed by atoms with Crippen molar-refractivity contribution in [3.05, 3.63) is 87.9 Å². The average molecular weight is 437 g/mol. The fourth-order valence-corrected chi connectivity index (χ4v) is 4.46. The van der Waals surface area contributed by atoms with Gasteiger partial charge in [-0.25, -0.2) is 0 Å². The number of fused-ring (bicyclic) bond motifs is 2. The van der Waals surface area contributed by atoms with Gasteiger partial charge in [0.25, 0.3) is 5.91 Å². The van der Waals surface area contributed by atoms with E-state index in [1.54, 1.807) is 0 Å². The van der Waals surface area contributed by atoms with Gasteiger partial charge in [0.15, 0.2) is 0 Å². The van der Waals surface area contributed by atoms with Gasteiger partial charge >= 0.3 is 0 Å². The molecule has 5 nitrogen and oxygen atoms in total. The molecule has 0 radical (unpaired) electrons. The monoisotopic (exact) mass is 436 g/mol. The number of halogens is 1. The summed E-state index contributed by atoms with van der Waals surface area (Å²) in [4.78, 5) is 12.6. The Balaban J connectivity index is 0.00000218. The number of nitrogens with one attached hydrogen (secondary N) is 2. The Bertz CT molecular complexity index is 1210. The van der Waals surface area contributed by atoms with Gasteiger partial charge in [-0.2, -0.15) is 0 Å². The predicted octanol–water partition coefficient (Wildman–Crippen LogP) is 4.60. The van der Waals surface area contributed by atoms with Gasteiger partial charge in [-0.1, -0.05) is 59.9 Å². The highest BCUT2D eigenvalue weighted by Crippen LogP contribution is 2.23. The first-order valence-corrected chi connectivity index (χ1v) is 10.5. The van der Waals surface area contributed by atoms with E-state index < -0.39 is 0 Å². The Hall–Kier alpha value is -2.80. The zero-order chi connectivity index (χ0) is 19.6. The number of carbonyl (C=O) groups excluding carboxylic acids is 1. The normalized spacial score (nSPS) is 12.8. The van der Waals surface area contributed by atoms with Crippen molar-refractivity contribution in [3.8, 4) is 0 Å². The molecule has 0 spiro atoms. The van der Waals surface area contributed by atoms with Crippen molar-refractivity contribution in [1.82, 2.24) is 15.5 Å². The van der Waals surface area contributed by atoms with Crippen molar-refractivity contribution >= 4 is 45.6 Å². The van der Waals surface area contributed by atoms with Crippen LogP contribution in [0, 0.1) is 0 Å². The zero-order valence-corrected chi connectivity index (χ0v) is 17.9. The van der Waals surface area contributed by atoms with Crippen LogP contribution in [0.4, 0.5) is 5.13 Å². The summed E-state index contributed by atoms with van der Waals surface area (Å²) >= 11 is 1.42. The number of aromatic nitrogens is 2. The van der Waals surface area contributed by atoms with E-state index in [9.17, 15) is 4.79 Å². The van der Waals surface area contributed by atoms with Crippen molar-refractivity contribution in [2.75, 3.05) is 11.9 Å². The van der Waals surface area contributed by atoms with Crippen molar-refractivity contribution in [3.63, 3.8) is 0 Å². The van der Waals surface area contributed by atoms with Gasteiger partial charge in [-0.05, 0) is 52.6 Å². The molecule has 1 aromatic heterocycles. The summed E-state index contributed by atoms with van der Waals surface area (Å²) in [6.07, 6.45) is 1.65. The second-order valence-corrected chi connectivity index (χ2v) is 8.29. The van der Waals surface area contributed by atoms with Gasteiger partial charge < -0.3 is 5.32 Å². The highest BCUT2D eigenvalue weighted by molar-refractivity contribution is 7.15. The minimum Gasteiger partial charge on any atom is -0.312 e. The molecule has 2 N–H and O–H groups in total. The Labute approximate surface area is 185 Å². The summed E-state index contributed by atoms with van der Waals surface area (Å²) < 4.78 is 0. The summed E-state index contributed by atoms with van der Waals surface area (Å²) in [5, 5.41) is 18.5.